The van der Waals surface area contributed by atoms with E-state index in [1.165, 1.54) is 5.56 Å². The van der Waals surface area contributed by atoms with Gasteiger partial charge < -0.3 is 14.5 Å². The summed E-state index contributed by atoms with van der Waals surface area (Å²) in [5, 5.41) is 0.633. The van der Waals surface area contributed by atoms with Crippen LogP contribution in [0, 0.1) is 11.8 Å². The van der Waals surface area contributed by atoms with Crippen molar-refractivity contribution < 1.29 is 14.3 Å². The molecule has 5 nitrogen and oxygen atoms in total. The van der Waals surface area contributed by atoms with Crippen molar-refractivity contribution in [2.24, 2.45) is 11.8 Å². The second kappa shape index (κ2) is 9.63. The number of amides is 2. The van der Waals surface area contributed by atoms with Crippen LogP contribution in [0.4, 0.5) is 5.69 Å². The van der Waals surface area contributed by atoms with Gasteiger partial charge in [0.2, 0.25) is 11.8 Å². The molecule has 0 N–H and O–H groups in total. The zero-order chi connectivity index (χ0) is 20.9. The molecule has 2 amide bonds. The monoisotopic (exact) mass is 426 g/mol. The van der Waals surface area contributed by atoms with Crippen LogP contribution in [-0.2, 0) is 20.9 Å². The molecule has 1 atom stereocenters. The second-order valence-corrected chi connectivity index (χ2v) is 8.59. The molecule has 0 aliphatic carbocycles. The molecule has 2 aliphatic heterocycles. The molecule has 158 valence electrons. The molecule has 1 unspecified atom stereocenters. The minimum absolute atomic E-state index is 0.000120. The molecule has 0 spiro atoms. The molecule has 2 fully saturated rings. The number of hydrogen-bond acceptors (Lipinski definition) is 3. The predicted octanol–water partition coefficient (Wildman–Crippen LogP) is 4.15. The lowest BCUT2D eigenvalue weighted by Crippen LogP contribution is -2.43. The number of benzene rings is 2. The fourth-order valence-corrected chi connectivity index (χ4v) is 4.37. The number of halogens is 1. The third-order valence-corrected chi connectivity index (χ3v) is 6.26. The Hall–Kier alpha value is -2.37. The molecule has 2 saturated heterocycles. The number of anilines is 1. The van der Waals surface area contributed by atoms with E-state index in [-0.39, 0.29) is 24.2 Å². The van der Waals surface area contributed by atoms with Gasteiger partial charge in [0.1, 0.15) is 0 Å². The van der Waals surface area contributed by atoms with Gasteiger partial charge in [-0.05, 0) is 48.6 Å². The van der Waals surface area contributed by atoms with Gasteiger partial charge in [0.15, 0.2) is 0 Å². The van der Waals surface area contributed by atoms with Gasteiger partial charge in [-0.25, -0.2) is 0 Å². The average molecular weight is 427 g/mol. The van der Waals surface area contributed by atoms with Gasteiger partial charge >= 0.3 is 0 Å². The van der Waals surface area contributed by atoms with E-state index in [0.717, 1.165) is 38.2 Å². The Morgan fingerprint density at radius 1 is 1.03 bits per heavy atom. The SMILES string of the molecule is O=C(C1CC(=O)N(c2ccc(Cl)cc2)C1)N1CCC(COCc2ccccc2)CC1. The van der Waals surface area contributed by atoms with Gasteiger partial charge in [-0.3, -0.25) is 9.59 Å². The van der Waals surface area contributed by atoms with Crippen LogP contribution in [0.5, 0.6) is 0 Å². The Bertz CT molecular complexity index is 864. The smallest absolute Gasteiger partial charge is 0.228 e. The number of ether oxygens (including phenoxy) is 1. The van der Waals surface area contributed by atoms with E-state index < -0.39 is 0 Å². The summed E-state index contributed by atoms with van der Waals surface area (Å²) in [5.41, 5.74) is 1.98. The van der Waals surface area contributed by atoms with Gasteiger partial charge in [0.25, 0.3) is 0 Å². The van der Waals surface area contributed by atoms with Gasteiger partial charge in [0, 0.05) is 43.4 Å². The highest BCUT2D eigenvalue weighted by atomic mass is 35.5. The number of rotatable bonds is 6. The van der Waals surface area contributed by atoms with Crippen LogP contribution in [0.2, 0.25) is 5.02 Å². The highest BCUT2D eigenvalue weighted by molar-refractivity contribution is 6.30. The standard InChI is InChI=1S/C24H27ClN2O3/c25-21-6-8-22(9-7-21)27-15-20(14-23(27)28)24(29)26-12-10-19(11-13-26)17-30-16-18-4-2-1-3-5-18/h1-9,19-20H,10-17H2. The second-order valence-electron chi connectivity index (χ2n) is 8.15. The van der Waals surface area contributed by atoms with Gasteiger partial charge in [0.05, 0.1) is 12.5 Å². The van der Waals surface area contributed by atoms with E-state index in [4.69, 9.17) is 16.3 Å². The topological polar surface area (TPSA) is 49.9 Å². The highest BCUT2D eigenvalue weighted by Crippen LogP contribution is 2.28. The maximum absolute atomic E-state index is 13.0. The Labute approximate surface area is 182 Å². The number of carbonyl (C=O) groups is 2. The summed E-state index contributed by atoms with van der Waals surface area (Å²) in [4.78, 5) is 29.1. The predicted molar refractivity (Wildman–Crippen MR) is 117 cm³/mol. The normalized spacial score (nSPS) is 20.0. The van der Waals surface area contributed by atoms with Crippen molar-refractivity contribution in [2.75, 3.05) is 31.1 Å². The molecule has 2 aromatic rings. The van der Waals surface area contributed by atoms with Crippen molar-refractivity contribution >= 4 is 29.1 Å². The average Bonchev–Trinajstić information content (AvgIpc) is 3.17. The van der Waals surface area contributed by atoms with Crippen LogP contribution in [0.1, 0.15) is 24.8 Å². The lowest BCUT2D eigenvalue weighted by molar-refractivity contribution is -0.137. The third kappa shape index (κ3) is 5.02. The summed E-state index contributed by atoms with van der Waals surface area (Å²) < 4.78 is 5.88. The van der Waals surface area contributed by atoms with Gasteiger partial charge in [-0.15, -0.1) is 0 Å². The van der Waals surface area contributed by atoms with Crippen LogP contribution in [0.25, 0.3) is 0 Å². The summed E-state index contributed by atoms with van der Waals surface area (Å²) in [6.07, 6.45) is 2.17. The molecule has 6 heteroatoms. The Morgan fingerprint density at radius 2 is 1.73 bits per heavy atom. The fraction of sp³-hybridized carbons (Fsp3) is 0.417. The van der Waals surface area contributed by atoms with Crippen molar-refractivity contribution in [3.8, 4) is 0 Å². The highest BCUT2D eigenvalue weighted by Gasteiger charge is 2.38. The van der Waals surface area contributed by atoms with E-state index in [2.05, 4.69) is 12.1 Å². The number of likely N-dealkylation sites (tertiary alicyclic amines) is 1. The molecular formula is C24H27ClN2O3. The summed E-state index contributed by atoms with van der Waals surface area (Å²) in [6.45, 7) is 3.28. The van der Waals surface area contributed by atoms with Crippen molar-refractivity contribution in [1.29, 1.82) is 0 Å². The van der Waals surface area contributed by atoms with E-state index in [0.29, 0.717) is 24.1 Å². The molecule has 4 rings (SSSR count). The van der Waals surface area contributed by atoms with Crippen molar-refractivity contribution in [3.63, 3.8) is 0 Å². The first-order chi connectivity index (χ1) is 14.6. The lowest BCUT2D eigenvalue weighted by Gasteiger charge is -2.33. The maximum atomic E-state index is 13.0. The van der Waals surface area contributed by atoms with Crippen molar-refractivity contribution in [1.82, 2.24) is 4.90 Å². The van der Waals surface area contributed by atoms with Crippen LogP contribution < -0.4 is 4.90 Å². The van der Waals surface area contributed by atoms with Gasteiger partial charge in [-0.1, -0.05) is 41.9 Å². The fourth-order valence-electron chi connectivity index (χ4n) is 4.24. The first kappa shape index (κ1) is 20.9. The number of nitrogens with zero attached hydrogens (tertiary/aromatic N) is 2. The zero-order valence-electron chi connectivity index (χ0n) is 17.0. The molecule has 0 bridgehead atoms. The summed E-state index contributed by atoms with van der Waals surface area (Å²) in [7, 11) is 0. The Kier molecular flexibility index (Phi) is 6.70. The first-order valence-corrected chi connectivity index (χ1v) is 10.9. The minimum Gasteiger partial charge on any atom is -0.376 e. The zero-order valence-corrected chi connectivity index (χ0v) is 17.8. The summed E-state index contributed by atoms with van der Waals surface area (Å²) >= 11 is 5.94. The Balaban J connectivity index is 1.23. The van der Waals surface area contributed by atoms with Crippen molar-refractivity contribution in [3.05, 3.63) is 65.2 Å². The molecule has 0 aromatic heterocycles. The van der Waals surface area contributed by atoms with E-state index in [1.54, 1.807) is 17.0 Å². The van der Waals surface area contributed by atoms with E-state index >= 15 is 0 Å². The maximum Gasteiger partial charge on any atom is 0.228 e. The number of hydrogen-bond donors (Lipinski definition) is 0. The molecule has 2 aliphatic rings. The van der Waals surface area contributed by atoms with Crippen molar-refractivity contribution in [2.45, 2.75) is 25.9 Å². The summed E-state index contributed by atoms with van der Waals surface area (Å²) in [5.74, 6) is 0.316. The third-order valence-electron chi connectivity index (χ3n) is 6.00. The first-order valence-electron chi connectivity index (χ1n) is 10.6. The van der Waals surface area contributed by atoms with Crippen LogP contribution >= 0.6 is 11.6 Å². The van der Waals surface area contributed by atoms with Crippen LogP contribution in [0.3, 0.4) is 0 Å². The largest absolute Gasteiger partial charge is 0.376 e. The summed E-state index contributed by atoms with van der Waals surface area (Å²) in [6, 6.07) is 17.4. The quantitative estimate of drug-likeness (QED) is 0.697. The number of carbonyl (C=O) groups excluding carboxylic acids is 2. The van der Waals surface area contributed by atoms with Crippen LogP contribution in [0.15, 0.2) is 54.6 Å². The van der Waals surface area contributed by atoms with E-state index in [9.17, 15) is 9.59 Å². The molecule has 2 aromatic carbocycles. The van der Waals surface area contributed by atoms with Crippen LogP contribution in [-0.4, -0.2) is 43.0 Å². The minimum atomic E-state index is -0.265. The lowest BCUT2D eigenvalue weighted by atomic mass is 9.96. The molecule has 30 heavy (non-hydrogen) atoms. The molecule has 0 radical (unpaired) electrons. The van der Waals surface area contributed by atoms with E-state index in [1.807, 2.05) is 35.2 Å². The molecule has 0 saturated carbocycles. The Morgan fingerprint density at radius 3 is 2.43 bits per heavy atom. The molecular weight excluding hydrogens is 400 g/mol. The number of piperidine rings is 1. The van der Waals surface area contributed by atoms with Gasteiger partial charge in [-0.2, -0.15) is 0 Å². The molecule has 2 heterocycles.